The van der Waals surface area contributed by atoms with Crippen molar-refractivity contribution in [2.75, 3.05) is 45.2 Å². The number of imidazole rings is 1. The molecule has 3 aromatic heterocycles. The van der Waals surface area contributed by atoms with Crippen LogP contribution in [0.4, 0.5) is 5.69 Å². The summed E-state index contributed by atoms with van der Waals surface area (Å²) in [5, 5.41) is 0. The average Bonchev–Trinajstić information content (AvgIpc) is 3.16. The van der Waals surface area contributed by atoms with Crippen LogP contribution in [0.2, 0.25) is 0 Å². The van der Waals surface area contributed by atoms with Crippen molar-refractivity contribution < 1.29 is 0 Å². The Hall–Kier alpha value is -2.44. The van der Waals surface area contributed by atoms with Gasteiger partial charge in [-0.05, 0) is 57.1 Å². The number of hydrogen-bond donors (Lipinski definition) is 0. The topological polar surface area (TPSA) is 39.9 Å². The van der Waals surface area contributed by atoms with Gasteiger partial charge in [-0.15, -0.1) is 0 Å². The normalized spacial score (nSPS) is 20.4. The van der Waals surface area contributed by atoms with Gasteiger partial charge >= 0.3 is 0 Å². The van der Waals surface area contributed by atoms with Crippen LogP contribution in [0, 0.1) is 0 Å². The lowest BCUT2D eigenvalue weighted by Gasteiger charge is -2.34. The van der Waals surface area contributed by atoms with E-state index in [9.17, 15) is 0 Å². The smallest absolute Gasteiger partial charge is 0.160 e. The van der Waals surface area contributed by atoms with E-state index in [1.165, 1.54) is 29.8 Å². The zero-order valence-electron chi connectivity index (χ0n) is 17.5. The highest BCUT2D eigenvalue weighted by Gasteiger charge is 2.25. The van der Waals surface area contributed by atoms with Gasteiger partial charge in [0.25, 0.3) is 0 Å². The quantitative estimate of drug-likeness (QED) is 0.685. The summed E-state index contributed by atoms with van der Waals surface area (Å²) in [6.07, 6.45) is 9.78. The van der Waals surface area contributed by atoms with Crippen LogP contribution in [-0.4, -0.2) is 64.4 Å². The molecule has 6 nitrogen and oxygen atoms in total. The number of nitrogens with zero attached hydrogens (tertiary/aromatic N) is 6. The van der Waals surface area contributed by atoms with Crippen LogP contribution in [0.3, 0.4) is 0 Å². The maximum atomic E-state index is 5.04. The Bertz CT molecular complexity index is 988. The van der Waals surface area contributed by atoms with Gasteiger partial charge in [0.05, 0.1) is 23.1 Å². The third kappa shape index (κ3) is 3.63. The molecule has 2 aliphatic rings. The fourth-order valence-corrected chi connectivity index (χ4v) is 4.80. The first kappa shape index (κ1) is 18.6. The predicted octanol–water partition coefficient (Wildman–Crippen LogP) is 2.99. The van der Waals surface area contributed by atoms with Crippen LogP contribution >= 0.6 is 0 Å². The number of aromatic nitrogens is 3. The van der Waals surface area contributed by atoms with E-state index in [0.29, 0.717) is 6.04 Å². The molecule has 4 heterocycles. The summed E-state index contributed by atoms with van der Waals surface area (Å²) in [6.45, 7) is 5.16. The number of piperazine rings is 1. The average molecular weight is 391 g/mol. The number of rotatable bonds is 4. The molecular formula is C23H30N6. The first-order chi connectivity index (χ1) is 14.2. The van der Waals surface area contributed by atoms with Crippen molar-refractivity contribution in [3.05, 3.63) is 59.8 Å². The molecule has 0 aromatic carbocycles. The summed E-state index contributed by atoms with van der Waals surface area (Å²) in [4.78, 5) is 17.0. The summed E-state index contributed by atoms with van der Waals surface area (Å²) in [5.41, 5.74) is 6.10. The Morgan fingerprint density at radius 3 is 2.86 bits per heavy atom. The molecule has 0 saturated carbocycles. The van der Waals surface area contributed by atoms with Gasteiger partial charge in [-0.1, -0.05) is 6.07 Å². The Morgan fingerprint density at radius 1 is 1.14 bits per heavy atom. The van der Waals surface area contributed by atoms with Gasteiger partial charge in [0, 0.05) is 51.3 Å². The molecule has 0 spiro atoms. The molecule has 1 atom stereocenters. The van der Waals surface area contributed by atoms with Crippen molar-refractivity contribution in [1.29, 1.82) is 0 Å². The van der Waals surface area contributed by atoms with E-state index in [2.05, 4.69) is 69.9 Å². The molecular weight excluding hydrogens is 360 g/mol. The monoisotopic (exact) mass is 390 g/mol. The second-order valence-electron chi connectivity index (χ2n) is 8.52. The van der Waals surface area contributed by atoms with Crippen LogP contribution in [0.1, 0.15) is 35.8 Å². The minimum Gasteiger partial charge on any atom is -0.366 e. The summed E-state index contributed by atoms with van der Waals surface area (Å²) in [5.74, 6) is 0. The fourth-order valence-electron chi connectivity index (χ4n) is 4.80. The van der Waals surface area contributed by atoms with Gasteiger partial charge < -0.3 is 14.2 Å². The maximum absolute atomic E-state index is 5.04. The molecule has 5 rings (SSSR count). The molecule has 1 aliphatic carbocycles. The first-order valence-corrected chi connectivity index (χ1v) is 10.7. The predicted molar refractivity (Wildman–Crippen MR) is 116 cm³/mol. The highest BCUT2D eigenvalue weighted by atomic mass is 15.3. The largest absolute Gasteiger partial charge is 0.366 e. The third-order valence-corrected chi connectivity index (χ3v) is 6.46. The van der Waals surface area contributed by atoms with E-state index in [-0.39, 0.29) is 0 Å². The standard InChI is InChI=1S/C23H30N6/c1-26-12-14-28(15-13-26)21-9-5-11-29-17-19(25-23(21)29)16-27(2)20-8-3-6-18-7-4-10-24-22(18)20/h4-5,7,9-11,17,20H,3,6,8,12-16H2,1-2H3/t20-/m0/s1. The lowest BCUT2D eigenvalue weighted by molar-refractivity contribution is 0.206. The summed E-state index contributed by atoms with van der Waals surface area (Å²) < 4.78 is 2.18. The minimum atomic E-state index is 0.377. The lowest BCUT2D eigenvalue weighted by Crippen LogP contribution is -2.44. The van der Waals surface area contributed by atoms with E-state index in [0.717, 1.165) is 50.5 Å². The molecule has 0 amide bonds. The van der Waals surface area contributed by atoms with E-state index in [4.69, 9.17) is 9.97 Å². The summed E-state index contributed by atoms with van der Waals surface area (Å²) >= 11 is 0. The molecule has 0 radical (unpaired) electrons. The molecule has 1 fully saturated rings. The number of aryl methyl sites for hydroxylation is 1. The third-order valence-electron chi connectivity index (χ3n) is 6.46. The second kappa shape index (κ2) is 7.76. The van der Waals surface area contributed by atoms with Crippen LogP contribution in [-0.2, 0) is 13.0 Å². The first-order valence-electron chi connectivity index (χ1n) is 10.7. The zero-order chi connectivity index (χ0) is 19.8. The van der Waals surface area contributed by atoms with Gasteiger partial charge in [-0.2, -0.15) is 0 Å². The highest BCUT2D eigenvalue weighted by molar-refractivity contribution is 5.69. The van der Waals surface area contributed by atoms with Gasteiger partial charge in [0.2, 0.25) is 0 Å². The number of fused-ring (bicyclic) bond motifs is 2. The highest BCUT2D eigenvalue weighted by Crippen LogP contribution is 2.33. The van der Waals surface area contributed by atoms with Gasteiger partial charge in [0.1, 0.15) is 0 Å². The van der Waals surface area contributed by atoms with Crippen molar-refractivity contribution in [2.45, 2.75) is 31.8 Å². The van der Waals surface area contributed by atoms with E-state index in [1.54, 1.807) is 0 Å². The molecule has 152 valence electrons. The molecule has 0 unspecified atom stereocenters. The Labute approximate surface area is 172 Å². The number of pyridine rings is 2. The van der Waals surface area contributed by atoms with Crippen LogP contribution in [0.15, 0.2) is 42.9 Å². The SMILES string of the molecule is CN1CCN(c2cccn3cc(CN(C)[C@H]4CCCc5cccnc54)nc23)CC1. The van der Waals surface area contributed by atoms with Gasteiger partial charge in [0.15, 0.2) is 5.65 Å². The zero-order valence-corrected chi connectivity index (χ0v) is 17.5. The minimum absolute atomic E-state index is 0.377. The molecule has 6 heteroatoms. The Morgan fingerprint density at radius 2 is 2.00 bits per heavy atom. The number of hydrogen-bond acceptors (Lipinski definition) is 5. The van der Waals surface area contributed by atoms with Crippen molar-refractivity contribution in [3.63, 3.8) is 0 Å². The van der Waals surface area contributed by atoms with E-state index in [1.807, 2.05) is 6.20 Å². The Kier molecular flexibility index (Phi) is 4.97. The maximum Gasteiger partial charge on any atom is 0.160 e. The van der Waals surface area contributed by atoms with Crippen LogP contribution < -0.4 is 4.90 Å². The van der Waals surface area contributed by atoms with Crippen LogP contribution in [0.5, 0.6) is 0 Å². The fraction of sp³-hybridized carbons (Fsp3) is 0.478. The van der Waals surface area contributed by atoms with E-state index < -0.39 is 0 Å². The number of anilines is 1. The van der Waals surface area contributed by atoms with Crippen molar-refractivity contribution in [3.8, 4) is 0 Å². The van der Waals surface area contributed by atoms with Crippen molar-refractivity contribution in [2.24, 2.45) is 0 Å². The second-order valence-corrected chi connectivity index (χ2v) is 8.52. The molecule has 29 heavy (non-hydrogen) atoms. The lowest BCUT2D eigenvalue weighted by atomic mass is 9.91. The summed E-state index contributed by atoms with van der Waals surface area (Å²) in [7, 11) is 4.40. The number of likely N-dealkylation sites (N-methyl/N-ethyl adjacent to an activating group) is 1. The van der Waals surface area contributed by atoms with Crippen LogP contribution in [0.25, 0.3) is 5.65 Å². The molecule has 0 N–H and O–H groups in total. The van der Waals surface area contributed by atoms with E-state index >= 15 is 0 Å². The molecule has 1 saturated heterocycles. The Balaban J connectivity index is 1.38. The van der Waals surface area contributed by atoms with Gasteiger partial charge in [-0.25, -0.2) is 4.98 Å². The molecule has 0 bridgehead atoms. The molecule has 1 aliphatic heterocycles. The molecule has 3 aromatic rings. The van der Waals surface area contributed by atoms with Crippen molar-refractivity contribution in [1.82, 2.24) is 24.2 Å². The van der Waals surface area contributed by atoms with Gasteiger partial charge in [-0.3, -0.25) is 9.88 Å². The summed E-state index contributed by atoms with van der Waals surface area (Å²) in [6, 6.07) is 9.01. The van der Waals surface area contributed by atoms with Crippen molar-refractivity contribution >= 4 is 11.3 Å².